The molecule has 0 aliphatic rings. The normalized spacial score (nSPS) is 13.2. The lowest BCUT2D eigenvalue weighted by atomic mass is 9.85. The second kappa shape index (κ2) is 5.73. The van der Waals surface area contributed by atoms with Gasteiger partial charge >= 0.3 is 0 Å². The molecule has 0 radical (unpaired) electrons. The van der Waals surface area contributed by atoms with Crippen LogP contribution in [-0.2, 0) is 5.41 Å². The van der Waals surface area contributed by atoms with E-state index in [0.29, 0.717) is 5.56 Å². The lowest BCUT2D eigenvalue weighted by Crippen LogP contribution is -2.15. The summed E-state index contributed by atoms with van der Waals surface area (Å²) in [5.41, 5.74) is 5.35. The van der Waals surface area contributed by atoms with Crippen molar-refractivity contribution >= 4 is 0 Å². The lowest BCUT2D eigenvalue weighted by Gasteiger charge is -2.21. The number of hydrogen-bond donors (Lipinski definition) is 2. The zero-order valence-corrected chi connectivity index (χ0v) is 14.2. The Hall–Kier alpha value is -1.87. The Bertz CT molecular complexity index is 749. The number of pyridine rings is 1. The van der Waals surface area contributed by atoms with Crippen LogP contribution in [0.5, 0.6) is 0 Å². The third-order valence-electron chi connectivity index (χ3n) is 4.07. The number of nitrogens with one attached hydrogen (secondary N) is 1. The van der Waals surface area contributed by atoms with E-state index in [0.717, 1.165) is 22.5 Å². The second-order valence-corrected chi connectivity index (χ2v) is 7.04. The van der Waals surface area contributed by atoms with E-state index in [1.165, 1.54) is 5.56 Å². The van der Waals surface area contributed by atoms with Gasteiger partial charge in [-0.1, -0.05) is 39.0 Å². The average molecular weight is 299 g/mol. The fourth-order valence-electron chi connectivity index (χ4n) is 2.80. The van der Waals surface area contributed by atoms with Crippen molar-refractivity contribution in [1.82, 2.24) is 4.98 Å². The number of aromatic nitrogens is 1. The van der Waals surface area contributed by atoms with Crippen LogP contribution < -0.4 is 5.43 Å². The van der Waals surface area contributed by atoms with Gasteiger partial charge in [-0.2, -0.15) is 0 Å². The number of aromatic amines is 1. The molecule has 0 amide bonds. The monoisotopic (exact) mass is 299 g/mol. The van der Waals surface area contributed by atoms with E-state index in [1.807, 2.05) is 6.92 Å². The van der Waals surface area contributed by atoms with E-state index in [-0.39, 0.29) is 10.8 Å². The van der Waals surface area contributed by atoms with E-state index in [2.05, 4.69) is 50.9 Å². The molecule has 0 saturated heterocycles. The summed E-state index contributed by atoms with van der Waals surface area (Å²) in [7, 11) is 0. The second-order valence-electron chi connectivity index (χ2n) is 7.04. The predicted octanol–water partition coefficient (Wildman–Crippen LogP) is 4.01. The van der Waals surface area contributed by atoms with Gasteiger partial charge in [-0.15, -0.1) is 0 Å². The van der Waals surface area contributed by atoms with Gasteiger partial charge in [-0.3, -0.25) is 4.79 Å². The largest absolute Gasteiger partial charge is 0.388 e. The van der Waals surface area contributed by atoms with Gasteiger partial charge < -0.3 is 10.1 Å². The molecule has 3 heteroatoms. The molecule has 2 aromatic rings. The highest BCUT2D eigenvalue weighted by Gasteiger charge is 2.16. The molecule has 2 N–H and O–H groups in total. The molecule has 0 aliphatic carbocycles. The zero-order valence-electron chi connectivity index (χ0n) is 14.2. The first-order valence-electron chi connectivity index (χ1n) is 7.64. The van der Waals surface area contributed by atoms with Gasteiger partial charge in [0.25, 0.3) is 0 Å². The number of H-pyrrole nitrogens is 1. The van der Waals surface area contributed by atoms with Crippen molar-refractivity contribution in [3.05, 3.63) is 56.9 Å². The molecular weight excluding hydrogens is 274 g/mol. The van der Waals surface area contributed by atoms with Gasteiger partial charge in [0.2, 0.25) is 0 Å². The van der Waals surface area contributed by atoms with Crippen molar-refractivity contribution in [2.24, 2.45) is 0 Å². The van der Waals surface area contributed by atoms with E-state index < -0.39 is 6.10 Å². The molecule has 0 aliphatic heterocycles. The summed E-state index contributed by atoms with van der Waals surface area (Å²) in [6, 6.07) is 7.92. The Kier molecular flexibility index (Phi) is 4.30. The van der Waals surface area contributed by atoms with Crippen LogP contribution in [0.25, 0.3) is 11.3 Å². The van der Waals surface area contributed by atoms with Gasteiger partial charge in [0.1, 0.15) is 0 Å². The van der Waals surface area contributed by atoms with Crippen LogP contribution in [-0.4, -0.2) is 10.1 Å². The van der Waals surface area contributed by atoms with E-state index in [1.54, 1.807) is 13.0 Å². The molecule has 1 atom stereocenters. The highest BCUT2D eigenvalue weighted by Crippen LogP contribution is 2.28. The first-order chi connectivity index (χ1) is 10.1. The van der Waals surface area contributed by atoms with Gasteiger partial charge in [-0.05, 0) is 37.3 Å². The summed E-state index contributed by atoms with van der Waals surface area (Å²) in [4.78, 5) is 15.5. The van der Waals surface area contributed by atoms with Gasteiger partial charge in [0, 0.05) is 28.6 Å². The maximum atomic E-state index is 12.2. The van der Waals surface area contributed by atoms with Gasteiger partial charge in [-0.25, -0.2) is 0 Å². The van der Waals surface area contributed by atoms with E-state index in [4.69, 9.17) is 0 Å². The number of hydrogen-bond acceptors (Lipinski definition) is 2. The number of aliphatic hydroxyl groups is 1. The van der Waals surface area contributed by atoms with Crippen molar-refractivity contribution in [1.29, 1.82) is 0 Å². The van der Waals surface area contributed by atoms with Crippen molar-refractivity contribution in [2.75, 3.05) is 0 Å². The Morgan fingerprint density at radius 1 is 1.14 bits per heavy atom. The fraction of sp³-hybridized carbons (Fsp3) is 0.421. The Balaban J connectivity index is 2.56. The molecule has 22 heavy (non-hydrogen) atoms. The standard InChI is InChI=1S/C19H25NO2/c1-11-9-14(19(4,5)6)7-8-15(11)16-10-17(22)18(13(3)21)12(2)20-16/h7-10,13,21H,1-6H3,(H,20,22). The number of aryl methyl sites for hydroxylation is 2. The number of benzene rings is 1. The fourth-order valence-corrected chi connectivity index (χ4v) is 2.80. The van der Waals surface area contributed by atoms with Crippen molar-refractivity contribution in [3.8, 4) is 11.3 Å². The summed E-state index contributed by atoms with van der Waals surface area (Å²) >= 11 is 0. The molecule has 0 saturated carbocycles. The summed E-state index contributed by atoms with van der Waals surface area (Å²) in [6.07, 6.45) is -0.762. The van der Waals surface area contributed by atoms with Crippen LogP contribution in [0.15, 0.2) is 29.1 Å². The van der Waals surface area contributed by atoms with Crippen LogP contribution >= 0.6 is 0 Å². The maximum Gasteiger partial charge on any atom is 0.188 e. The first-order valence-corrected chi connectivity index (χ1v) is 7.64. The lowest BCUT2D eigenvalue weighted by molar-refractivity contribution is 0.197. The quantitative estimate of drug-likeness (QED) is 0.880. The highest BCUT2D eigenvalue weighted by molar-refractivity contribution is 5.64. The van der Waals surface area contributed by atoms with Crippen molar-refractivity contribution in [3.63, 3.8) is 0 Å². The topological polar surface area (TPSA) is 53.1 Å². The molecule has 118 valence electrons. The third-order valence-corrected chi connectivity index (χ3v) is 4.07. The highest BCUT2D eigenvalue weighted by atomic mass is 16.3. The SMILES string of the molecule is Cc1cc(C(C)(C)C)ccc1-c1cc(=O)c(C(C)O)c(C)[nH]1. The van der Waals surface area contributed by atoms with Crippen LogP contribution in [0.4, 0.5) is 0 Å². The molecule has 2 rings (SSSR count). The average Bonchev–Trinajstić information content (AvgIpc) is 2.35. The molecule has 0 spiro atoms. The van der Waals surface area contributed by atoms with Gasteiger partial charge in [0.15, 0.2) is 5.43 Å². The molecule has 0 bridgehead atoms. The van der Waals surface area contributed by atoms with Gasteiger partial charge in [0.05, 0.1) is 6.10 Å². The molecule has 1 heterocycles. The predicted molar refractivity (Wildman–Crippen MR) is 91.3 cm³/mol. The van der Waals surface area contributed by atoms with Crippen LogP contribution in [0, 0.1) is 13.8 Å². The molecule has 1 unspecified atom stereocenters. The summed E-state index contributed by atoms with van der Waals surface area (Å²) < 4.78 is 0. The Morgan fingerprint density at radius 3 is 2.23 bits per heavy atom. The maximum absolute atomic E-state index is 12.2. The van der Waals surface area contributed by atoms with Crippen LogP contribution in [0.2, 0.25) is 0 Å². The Labute approximate surface area is 132 Å². The minimum Gasteiger partial charge on any atom is -0.388 e. The zero-order chi connectivity index (χ0) is 16.7. The van der Waals surface area contributed by atoms with Crippen LogP contribution in [0.1, 0.15) is 56.2 Å². The molecule has 1 aromatic carbocycles. The summed E-state index contributed by atoms with van der Waals surface area (Å²) in [6.45, 7) is 12.0. The van der Waals surface area contributed by atoms with Crippen molar-refractivity contribution < 1.29 is 5.11 Å². The molecular formula is C19H25NO2. The third kappa shape index (κ3) is 3.14. The minimum absolute atomic E-state index is 0.1000. The summed E-state index contributed by atoms with van der Waals surface area (Å²) in [5, 5.41) is 9.71. The van der Waals surface area contributed by atoms with E-state index >= 15 is 0 Å². The number of rotatable bonds is 2. The first kappa shape index (κ1) is 16.5. The van der Waals surface area contributed by atoms with Crippen LogP contribution in [0.3, 0.4) is 0 Å². The minimum atomic E-state index is -0.762. The number of aliphatic hydroxyl groups excluding tert-OH is 1. The Morgan fingerprint density at radius 2 is 1.77 bits per heavy atom. The molecule has 1 aromatic heterocycles. The van der Waals surface area contributed by atoms with E-state index in [9.17, 15) is 9.90 Å². The van der Waals surface area contributed by atoms with Crippen molar-refractivity contribution in [2.45, 2.75) is 53.1 Å². The summed E-state index contributed by atoms with van der Waals surface area (Å²) in [5.74, 6) is 0. The smallest absolute Gasteiger partial charge is 0.188 e. The molecule has 0 fully saturated rings. The molecule has 3 nitrogen and oxygen atoms in total.